The first-order valence-corrected chi connectivity index (χ1v) is 10.1. The summed E-state index contributed by atoms with van der Waals surface area (Å²) in [5, 5.41) is 0. The topological polar surface area (TPSA) is 7.12 Å². The minimum atomic E-state index is 1.01. The smallest absolute Gasteiger partial charge is 0.169 e. The van der Waals surface area contributed by atoms with Crippen LogP contribution in [0.3, 0.4) is 0 Å². The summed E-state index contributed by atoms with van der Waals surface area (Å²) in [5.41, 5.74) is 3.72. The molecule has 0 aliphatic heterocycles. The lowest BCUT2D eigenvalue weighted by Gasteiger charge is -2.22. The Balaban J connectivity index is 2.02. The molecule has 0 spiro atoms. The molecule has 0 aliphatic rings. The average Bonchev–Trinajstić information content (AvgIpc) is 2.62. The maximum atomic E-state index is 4.22. The van der Waals surface area contributed by atoms with Gasteiger partial charge in [-0.25, -0.2) is 4.57 Å². The van der Waals surface area contributed by atoms with Gasteiger partial charge in [-0.3, -0.25) is 0 Å². The molecule has 0 saturated carbocycles. The third-order valence-corrected chi connectivity index (χ3v) is 4.76. The Morgan fingerprint density at radius 1 is 1.00 bits per heavy atom. The SMILES string of the molecule is CCN(CCSS)c1ccc(/C=C/c2cc[n+](CC)cc2)cc1. The number of aromatic nitrogens is 1. The van der Waals surface area contributed by atoms with Crippen LogP contribution < -0.4 is 9.47 Å². The van der Waals surface area contributed by atoms with Gasteiger partial charge in [0.25, 0.3) is 0 Å². The maximum Gasteiger partial charge on any atom is 0.169 e. The van der Waals surface area contributed by atoms with E-state index in [0.717, 1.165) is 25.4 Å². The molecule has 0 N–H and O–H groups in total. The van der Waals surface area contributed by atoms with Crippen LogP contribution in [0, 0.1) is 0 Å². The highest BCUT2D eigenvalue weighted by molar-refractivity contribution is 8.68. The van der Waals surface area contributed by atoms with Gasteiger partial charge in [0.05, 0.1) is 0 Å². The molecule has 2 rings (SSSR count). The molecule has 2 nitrogen and oxygen atoms in total. The van der Waals surface area contributed by atoms with Gasteiger partial charge < -0.3 is 4.90 Å². The summed E-state index contributed by atoms with van der Waals surface area (Å²) in [6.45, 7) is 7.39. The van der Waals surface area contributed by atoms with Gasteiger partial charge in [-0.1, -0.05) is 35.1 Å². The van der Waals surface area contributed by atoms with Gasteiger partial charge in [-0.05, 0) is 37.1 Å². The zero-order valence-electron chi connectivity index (χ0n) is 13.9. The Kier molecular flexibility index (Phi) is 7.56. The van der Waals surface area contributed by atoms with Crippen LogP contribution in [0.2, 0.25) is 0 Å². The summed E-state index contributed by atoms with van der Waals surface area (Å²) in [7, 11) is 1.59. The minimum absolute atomic E-state index is 1.01. The zero-order valence-corrected chi connectivity index (χ0v) is 15.6. The number of thiol groups is 1. The summed E-state index contributed by atoms with van der Waals surface area (Å²) in [6, 6.07) is 13.0. The number of nitrogens with zero attached hydrogens (tertiary/aromatic N) is 2. The van der Waals surface area contributed by atoms with Crippen molar-refractivity contribution in [1.29, 1.82) is 0 Å². The molecule has 0 unspecified atom stereocenters. The Labute approximate surface area is 149 Å². The van der Waals surface area contributed by atoms with Crippen molar-refractivity contribution in [3.8, 4) is 0 Å². The van der Waals surface area contributed by atoms with E-state index in [-0.39, 0.29) is 0 Å². The van der Waals surface area contributed by atoms with Crippen LogP contribution in [0.5, 0.6) is 0 Å². The van der Waals surface area contributed by atoms with Gasteiger partial charge in [0.2, 0.25) is 0 Å². The Hall–Kier alpha value is -1.39. The van der Waals surface area contributed by atoms with Gasteiger partial charge in [-0.2, -0.15) is 0 Å². The maximum absolute atomic E-state index is 4.22. The van der Waals surface area contributed by atoms with Crippen molar-refractivity contribution in [3.05, 3.63) is 59.9 Å². The van der Waals surface area contributed by atoms with Crippen LogP contribution >= 0.6 is 22.5 Å². The molecule has 0 saturated heterocycles. The molecule has 1 heterocycles. The van der Waals surface area contributed by atoms with Gasteiger partial charge in [0.1, 0.15) is 6.54 Å². The molecule has 1 aromatic carbocycles. The summed E-state index contributed by atoms with van der Waals surface area (Å²) >= 11 is 4.22. The molecule has 0 aliphatic carbocycles. The summed E-state index contributed by atoms with van der Waals surface area (Å²) in [4.78, 5) is 2.37. The monoisotopic (exact) mass is 345 g/mol. The number of anilines is 1. The largest absolute Gasteiger partial charge is 0.371 e. The van der Waals surface area contributed by atoms with Crippen molar-refractivity contribution in [3.63, 3.8) is 0 Å². The van der Waals surface area contributed by atoms with E-state index in [1.807, 2.05) is 0 Å². The lowest BCUT2D eigenvalue weighted by atomic mass is 10.1. The molecule has 0 bridgehead atoms. The second-order valence-electron chi connectivity index (χ2n) is 5.30. The molecule has 4 heteroatoms. The average molecular weight is 346 g/mol. The van der Waals surface area contributed by atoms with Crippen molar-refractivity contribution in [2.75, 3.05) is 23.7 Å². The fraction of sp³-hybridized carbons (Fsp3) is 0.316. The van der Waals surface area contributed by atoms with Crippen LogP contribution in [-0.4, -0.2) is 18.8 Å². The fourth-order valence-electron chi connectivity index (χ4n) is 2.40. The number of aryl methyl sites for hydroxylation is 1. The Morgan fingerprint density at radius 3 is 2.13 bits per heavy atom. The third kappa shape index (κ3) is 5.63. The van der Waals surface area contributed by atoms with Crippen molar-refractivity contribution in [2.24, 2.45) is 0 Å². The Morgan fingerprint density at radius 2 is 1.61 bits per heavy atom. The van der Waals surface area contributed by atoms with E-state index in [1.54, 1.807) is 10.8 Å². The number of rotatable bonds is 8. The van der Waals surface area contributed by atoms with E-state index in [1.165, 1.54) is 16.8 Å². The normalized spacial score (nSPS) is 11.1. The van der Waals surface area contributed by atoms with E-state index in [4.69, 9.17) is 0 Å². The predicted molar refractivity (Wildman–Crippen MR) is 107 cm³/mol. The molecular weight excluding hydrogens is 320 g/mol. The molecule has 23 heavy (non-hydrogen) atoms. The van der Waals surface area contributed by atoms with E-state index < -0.39 is 0 Å². The standard InChI is InChI=1S/C19H24N2S2/c1-3-20-13-11-18(12-14-20)6-5-17-7-9-19(10-8-17)21(4-2)15-16-23-22/h5-14H,3-4,15-16H2,1-2H3/p+1. The van der Waals surface area contributed by atoms with Crippen molar-refractivity contribution in [1.82, 2.24) is 0 Å². The number of hydrogen-bond donors (Lipinski definition) is 1. The van der Waals surface area contributed by atoms with Crippen LogP contribution in [0.4, 0.5) is 5.69 Å². The highest BCUT2D eigenvalue weighted by Gasteiger charge is 2.03. The van der Waals surface area contributed by atoms with Crippen molar-refractivity contribution in [2.45, 2.75) is 20.4 Å². The van der Waals surface area contributed by atoms with Gasteiger partial charge in [0.15, 0.2) is 12.4 Å². The predicted octanol–water partition coefficient (Wildman–Crippen LogP) is 4.57. The third-order valence-electron chi connectivity index (χ3n) is 3.84. The van der Waals surface area contributed by atoms with Gasteiger partial charge in [-0.15, -0.1) is 11.7 Å². The summed E-state index contributed by atoms with van der Waals surface area (Å²) in [6.07, 6.45) is 8.54. The first kappa shape index (κ1) is 18.0. The van der Waals surface area contributed by atoms with E-state index in [0.29, 0.717) is 0 Å². The fourth-order valence-corrected chi connectivity index (χ4v) is 2.95. The van der Waals surface area contributed by atoms with E-state index >= 15 is 0 Å². The number of pyridine rings is 1. The molecular formula is C19H25N2S2+. The Bertz CT molecular complexity index is 606. The van der Waals surface area contributed by atoms with Crippen LogP contribution in [0.25, 0.3) is 12.2 Å². The van der Waals surface area contributed by atoms with Crippen LogP contribution in [-0.2, 0) is 6.54 Å². The molecule has 122 valence electrons. The zero-order chi connectivity index (χ0) is 16.5. The molecule has 0 atom stereocenters. The lowest BCUT2D eigenvalue weighted by molar-refractivity contribution is -0.693. The van der Waals surface area contributed by atoms with Gasteiger partial charge >= 0.3 is 0 Å². The lowest BCUT2D eigenvalue weighted by Crippen LogP contribution is -2.30. The minimum Gasteiger partial charge on any atom is -0.371 e. The molecule has 2 aromatic rings. The summed E-state index contributed by atoms with van der Waals surface area (Å²) < 4.78 is 2.16. The molecule has 0 fully saturated rings. The molecule has 0 radical (unpaired) electrons. The molecule has 0 amide bonds. The highest BCUT2D eigenvalue weighted by atomic mass is 33.1. The second kappa shape index (κ2) is 9.68. The number of benzene rings is 1. The van der Waals surface area contributed by atoms with E-state index in [2.05, 4.69) is 95.9 Å². The quantitative estimate of drug-likeness (QED) is 0.426. The van der Waals surface area contributed by atoms with Crippen molar-refractivity contribution >= 4 is 40.3 Å². The van der Waals surface area contributed by atoms with Crippen LogP contribution in [0.1, 0.15) is 25.0 Å². The molecule has 1 aromatic heterocycles. The van der Waals surface area contributed by atoms with Crippen LogP contribution in [0.15, 0.2) is 48.8 Å². The second-order valence-corrected chi connectivity index (χ2v) is 6.74. The van der Waals surface area contributed by atoms with Crippen molar-refractivity contribution < 1.29 is 4.57 Å². The van der Waals surface area contributed by atoms with Gasteiger partial charge in [0, 0.05) is 36.7 Å². The van der Waals surface area contributed by atoms with E-state index in [9.17, 15) is 0 Å². The number of hydrogen-bond acceptors (Lipinski definition) is 3. The first-order valence-electron chi connectivity index (χ1n) is 8.05. The summed E-state index contributed by atoms with van der Waals surface area (Å²) in [5.74, 6) is 1.03. The first-order chi connectivity index (χ1) is 11.3. The highest BCUT2D eigenvalue weighted by Crippen LogP contribution is 2.18.